The maximum atomic E-state index is 11.2. The van der Waals surface area contributed by atoms with Gasteiger partial charge in [0.2, 0.25) is 6.10 Å². The van der Waals surface area contributed by atoms with E-state index < -0.39 is 12.1 Å². The van der Waals surface area contributed by atoms with Crippen molar-refractivity contribution >= 4 is 21.9 Å². The first kappa shape index (κ1) is 10.3. The topological polar surface area (TPSA) is 44.8 Å². The molecular weight excluding hydrogens is 264 g/mol. The Morgan fingerprint density at radius 3 is 3.07 bits per heavy atom. The SMILES string of the molecule is COC(=O)[C@H]1COc2cc(Br)ccc2O1. The molecule has 0 unspecified atom stereocenters. The largest absolute Gasteiger partial charge is 0.485 e. The number of fused-ring (bicyclic) bond motifs is 1. The molecule has 1 aliphatic heterocycles. The number of methoxy groups -OCH3 is 1. The van der Waals surface area contributed by atoms with E-state index in [0.717, 1.165) is 4.47 Å². The van der Waals surface area contributed by atoms with Crippen LogP contribution in [0.15, 0.2) is 22.7 Å². The molecule has 0 aromatic heterocycles. The second-order valence-electron chi connectivity index (χ2n) is 3.03. The highest BCUT2D eigenvalue weighted by Crippen LogP contribution is 2.34. The lowest BCUT2D eigenvalue weighted by molar-refractivity contribution is -0.151. The lowest BCUT2D eigenvalue weighted by atomic mass is 10.2. The molecule has 0 bridgehead atoms. The molecule has 5 heteroatoms. The number of ether oxygens (including phenoxy) is 3. The van der Waals surface area contributed by atoms with Crippen LogP contribution in [-0.4, -0.2) is 25.8 Å². The Labute approximate surface area is 95.3 Å². The van der Waals surface area contributed by atoms with Gasteiger partial charge in [-0.15, -0.1) is 0 Å². The number of hydrogen-bond donors (Lipinski definition) is 0. The summed E-state index contributed by atoms with van der Waals surface area (Å²) >= 11 is 3.32. The molecule has 0 aliphatic carbocycles. The Morgan fingerprint density at radius 2 is 2.33 bits per heavy atom. The van der Waals surface area contributed by atoms with Crippen LogP contribution in [-0.2, 0) is 9.53 Å². The average molecular weight is 273 g/mol. The summed E-state index contributed by atoms with van der Waals surface area (Å²) in [6, 6.07) is 5.36. The average Bonchev–Trinajstić information content (AvgIpc) is 2.27. The van der Waals surface area contributed by atoms with Crippen LogP contribution >= 0.6 is 15.9 Å². The molecule has 0 radical (unpaired) electrons. The van der Waals surface area contributed by atoms with E-state index in [1.54, 1.807) is 12.1 Å². The molecule has 2 rings (SSSR count). The first-order valence-electron chi connectivity index (χ1n) is 4.37. The van der Waals surface area contributed by atoms with Gasteiger partial charge in [0.15, 0.2) is 11.5 Å². The van der Waals surface area contributed by atoms with Crippen LogP contribution in [0.1, 0.15) is 0 Å². The summed E-state index contributed by atoms with van der Waals surface area (Å²) in [5, 5.41) is 0. The first-order chi connectivity index (χ1) is 7.20. The molecule has 0 N–H and O–H groups in total. The molecule has 1 atom stereocenters. The predicted octanol–water partition coefficient (Wildman–Crippen LogP) is 1.76. The zero-order valence-electron chi connectivity index (χ0n) is 8.03. The molecule has 1 aliphatic rings. The quantitative estimate of drug-likeness (QED) is 0.731. The van der Waals surface area contributed by atoms with Gasteiger partial charge in [0.25, 0.3) is 0 Å². The Kier molecular flexibility index (Phi) is 2.81. The van der Waals surface area contributed by atoms with Gasteiger partial charge in [0, 0.05) is 4.47 Å². The van der Waals surface area contributed by atoms with Gasteiger partial charge in [-0.05, 0) is 18.2 Å². The highest BCUT2D eigenvalue weighted by molar-refractivity contribution is 9.10. The molecule has 1 heterocycles. The molecule has 0 saturated carbocycles. The number of benzene rings is 1. The summed E-state index contributed by atoms with van der Waals surface area (Å²) in [7, 11) is 1.32. The second kappa shape index (κ2) is 4.10. The molecule has 0 saturated heterocycles. The van der Waals surface area contributed by atoms with E-state index in [2.05, 4.69) is 20.7 Å². The van der Waals surface area contributed by atoms with Crippen molar-refractivity contribution in [3.05, 3.63) is 22.7 Å². The van der Waals surface area contributed by atoms with Crippen molar-refractivity contribution in [3.63, 3.8) is 0 Å². The number of carbonyl (C=O) groups is 1. The Balaban J connectivity index is 2.20. The molecule has 80 valence electrons. The minimum atomic E-state index is -0.677. The van der Waals surface area contributed by atoms with Gasteiger partial charge in [0.05, 0.1) is 7.11 Å². The van der Waals surface area contributed by atoms with Crippen molar-refractivity contribution in [2.24, 2.45) is 0 Å². The third kappa shape index (κ3) is 2.07. The number of rotatable bonds is 1. The fraction of sp³-hybridized carbons (Fsp3) is 0.300. The van der Waals surface area contributed by atoms with Gasteiger partial charge >= 0.3 is 5.97 Å². The summed E-state index contributed by atoms with van der Waals surface area (Å²) in [4.78, 5) is 11.2. The van der Waals surface area contributed by atoms with Crippen LogP contribution in [0.3, 0.4) is 0 Å². The van der Waals surface area contributed by atoms with Crippen LogP contribution in [0, 0.1) is 0 Å². The van der Waals surface area contributed by atoms with Crippen molar-refractivity contribution in [1.82, 2.24) is 0 Å². The minimum absolute atomic E-state index is 0.177. The zero-order chi connectivity index (χ0) is 10.8. The van der Waals surface area contributed by atoms with Gasteiger partial charge in [-0.1, -0.05) is 15.9 Å². The van der Waals surface area contributed by atoms with E-state index in [0.29, 0.717) is 11.5 Å². The Bertz CT molecular complexity index is 391. The Hall–Kier alpha value is -1.23. The normalized spacial score (nSPS) is 18.4. The van der Waals surface area contributed by atoms with Gasteiger partial charge in [-0.2, -0.15) is 0 Å². The standard InChI is InChI=1S/C10H9BrO4/c1-13-10(12)9-5-14-8-4-6(11)2-3-7(8)15-9/h2-4,9H,5H2,1H3/t9-/m1/s1. The summed E-state index contributed by atoms with van der Waals surface area (Å²) in [6.45, 7) is 0.177. The monoisotopic (exact) mass is 272 g/mol. The molecular formula is C10H9BrO4. The van der Waals surface area contributed by atoms with Crippen molar-refractivity contribution < 1.29 is 19.0 Å². The molecule has 0 spiro atoms. The van der Waals surface area contributed by atoms with E-state index in [1.807, 2.05) is 6.07 Å². The molecule has 1 aromatic carbocycles. The maximum absolute atomic E-state index is 11.2. The van der Waals surface area contributed by atoms with Gasteiger partial charge in [-0.25, -0.2) is 4.79 Å². The lowest BCUT2D eigenvalue weighted by Gasteiger charge is -2.24. The molecule has 15 heavy (non-hydrogen) atoms. The van der Waals surface area contributed by atoms with Crippen molar-refractivity contribution in [2.45, 2.75) is 6.10 Å². The van der Waals surface area contributed by atoms with Crippen LogP contribution in [0.25, 0.3) is 0 Å². The zero-order valence-corrected chi connectivity index (χ0v) is 9.61. The van der Waals surface area contributed by atoms with Crippen molar-refractivity contribution in [2.75, 3.05) is 13.7 Å². The summed E-state index contributed by atoms with van der Waals surface area (Å²) in [5.41, 5.74) is 0. The fourth-order valence-electron chi connectivity index (χ4n) is 1.29. The smallest absolute Gasteiger partial charge is 0.350 e. The summed E-state index contributed by atoms with van der Waals surface area (Å²) in [6.07, 6.45) is -0.677. The van der Waals surface area contributed by atoms with E-state index in [-0.39, 0.29) is 6.61 Å². The molecule has 4 nitrogen and oxygen atoms in total. The lowest BCUT2D eigenvalue weighted by Crippen LogP contribution is -2.37. The predicted molar refractivity (Wildman–Crippen MR) is 56.1 cm³/mol. The van der Waals surface area contributed by atoms with E-state index in [1.165, 1.54) is 7.11 Å². The van der Waals surface area contributed by atoms with Crippen LogP contribution in [0.4, 0.5) is 0 Å². The van der Waals surface area contributed by atoms with E-state index >= 15 is 0 Å². The maximum Gasteiger partial charge on any atom is 0.350 e. The number of esters is 1. The third-order valence-electron chi connectivity index (χ3n) is 2.03. The van der Waals surface area contributed by atoms with Crippen molar-refractivity contribution in [3.8, 4) is 11.5 Å². The van der Waals surface area contributed by atoms with Gasteiger partial charge < -0.3 is 14.2 Å². The minimum Gasteiger partial charge on any atom is -0.485 e. The fourth-order valence-corrected chi connectivity index (χ4v) is 1.63. The van der Waals surface area contributed by atoms with Gasteiger partial charge in [-0.3, -0.25) is 0 Å². The van der Waals surface area contributed by atoms with Crippen LogP contribution < -0.4 is 9.47 Å². The highest BCUT2D eigenvalue weighted by atomic mass is 79.9. The summed E-state index contributed by atoms with van der Waals surface area (Å²) < 4.78 is 16.3. The number of halogens is 1. The second-order valence-corrected chi connectivity index (χ2v) is 3.95. The molecule has 1 aromatic rings. The molecule has 0 amide bonds. The summed E-state index contributed by atoms with van der Waals surface area (Å²) in [5.74, 6) is 0.757. The van der Waals surface area contributed by atoms with E-state index in [4.69, 9.17) is 9.47 Å². The third-order valence-corrected chi connectivity index (χ3v) is 2.52. The highest BCUT2D eigenvalue weighted by Gasteiger charge is 2.28. The van der Waals surface area contributed by atoms with E-state index in [9.17, 15) is 4.79 Å². The van der Waals surface area contributed by atoms with Crippen molar-refractivity contribution in [1.29, 1.82) is 0 Å². The van der Waals surface area contributed by atoms with Crippen LogP contribution in [0.2, 0.25) is 0 Å². The first-order valence-corrected chi connectivity index (χ1v) is 5.17. The van der Waals surface area contributed by atoms with Gasteiger partial charge in [0.1, 0.15) is 6.61 Å². The number of carbonyl (C=O) groups excluding carboxylic acids is 1. The Morgan fingerprint density at radius 1 is 1.53 bits per heavy atom. The molecule has 0 fully saturated rings. The number of hydrogen-bond acceptors (Lipinski definition) is 4. The van der Waals surface area contributed by atoms with Crippen LogP contribution in [0.5, 0.6) is 11.5 Å².